The van der Waals surface area contributed by atoms with E-state index in [0.29, 0.717) is 17.5 Å². The van der Waals surface area contributed by atoms with E-state index < -0.39 is 11.9 Å². The van der Waals surface area contributed by atoms with Gasteiger partial charge in [0.15, 0.2) is 0 Å². The molecule has 0 atom stereocenters. The Kier molecular flexibility index (Phi) is 5.52. The van der Waals surface area contributed by atoms with Crippen LogP contribution in [0.25, 0.3) is 0 Å². The maximum absolute atomic E-state index is 12.2. The minimum Gasteiger partial charge on any atom is -0.469 e. The van der Waals surface area contributed by atoms with Crippen molar-refractivity contribution in [1.29, 1.82) is 0 Å². The number of methoxy groups -OCH3 is 1. The summed E-state index contributed by atoms with van der Waals surface area (Å²) >= 11 is 0. The fourth-order valence-electron chi connectivity index (χ4n) is 2.47. The van der Waals surface area contributed by atoms with Crippen LogP contribution < -0.4 is 0 Å². The molecule has 1 aromatic heterocycles. The van der Waals surface area contributed by atoms with Crippen molar-refractivity contribution < 1.29 is 23.9 Å². The Labute approximate surface area is 139 Å². The Bertz CT molecular complexity index is 761. The van der Waals surface area contributed by atoms with E-state index in [-0.39, 0.29) is 18.1 Å². The number of carbonyl (C=O) groups excluding carboxylic acids is 3. The summed E-state index contributed by atoms with van der Waals surface area (Å²) in [7, 11) is 1.33. The van der Waals surface area contributed by atoms with Gasteiger partial charge in [0.2, 0.25) is 0 Å². The number of benzene rings is 1. The first-order valence-electron chi connectivity index (χ1n) is 7.50. The van der Waals surface area contributed by atoms with E-state index in [1.54, 1.807) is 44.2 Å². The summed E-state index contributed by atoms with van der Waals surface area (Å²) in [6.45, 7) is 3.55. The molecule has 1 heterocycles. The lowest BCUT2D eigenvalue weighted by Gasteiger charge is -2.04. The minimum absolute atomic E-state index is 0.216. The molecule has 0 aliphatic rings. The van der Waals surface area contributed by atoms with Crippen LogP contribution in [0, 0.1) is 13.8 Å². The van der Waals surface area contributed by atoms with Gasteiger partial charge in [-0.05, 0) is 43.5 Å². The Morgan fingerprint density at radius 3 is 2.33 bits per heavy atom. The highest BCUT2D eigenvalue weighted by Gasteiger charge is 2.22. The highest BCUT2D eigenvalue weighted by atomic mass is 16.6. The number of aromatic nitrogens is 1. The van der Waals surface area contributed by atoms with Crippen LogP contribution in [0.2, 0.25) is 0 Å². The van der Waals surface area contributed by atoms with E-state index in [1.165, 1.54) is 7.11 Å². The van der Waals surface area contributed by atoms with Crippen LogP contribution in [-0.2, 0) is 20.7 Å². The molecule has 126 valence electrons. The number of nitrogens with one attached hydrogen (secondary N) is 1. The van der Waals surface area contributed by atoms with Crippen molar-refractivity contribution in [3.05, 3.63) is 58.4 Å². The first-order chi connectivity index (χ1) is 11.4. The summed E-state index contributed by atoms with van der Waals surface area (Å²) in [6, 6.07) is 8.30. The summed E-state index contributed by atoms with van der Waals surface area (Å²) < 4.78 is 9.54. The van der Waals surface area contributed by atoms with Gasteiger partial charge < -0.3 is 14.5 Å². The number of H-pyrrole nitrogens is 1. The maximum atomic E-state index is 12.2. The zero-order chi connectivity index (χ0) is 17.7. The van der Waals surface area contributed by atoms with Crippen molar-refractivity contribution >= 4 is 17.9 Å². The average molecular weight is 329 g/mol. The predicted octanol–water partition coefficient (Wildman–Crippen LogP) is 2.73. The molecule has 0 unspecified atom stereocenters. The number of aromatic amines is 1. The number of aryl methyl sites for hydroxylation is 1. The summed E-state index contributed by atoms with van der Waals surface area (Å²) in [4.78, 5) is 38.4. The van der Waals surface area contributed by atoms with Gasteiger partial charge in [-0.1, -0.05) is 18.2 Å². The molecular weight excluding hydrogens is 310 g/mol. The molecule has 0 spiro atoms. The Balaban J connectivity index is 2.13. The minimum atomic E-state index is -0.742. The fourth-order valence-corrected chi connectivity index (χ4v) is 2.47. The third-order valence-electron chi connectivity index (χ3n) is 3.80. The van der Waals surface area contributed by atoms with Crippen LogP contribution in [0.1, 0.15) is 44.1 Å². The largest absolute Gasteiger partial charge is 0.469 e. The van der Waals surface area contributed by atoms with Gasteiger partial charge in [-0.15, -0.1) is 0 Å². The van der Waals surface area contributed by atoms with Gasteiger partial charge in [-0.25, -0.2) is 9.59 Å². The molecule has 0 saturated carbocycles. The van der Waals surface area contributed by atoms with Crippen molar-refractivity contribution in [2.45, 2.75) is 26.7 Å². The van der Waals surface area contributed by atoms with Crippen LogP contribution in [0.4, 0.5) is 0 Å². The molecule has 2 rings (SSSR count). The van der Waals surface area contributed by atoms with Gasteiger partial charge in [0.1, 0.15) is 5.69 Å². The molecule has 0 saturated heterocycles. The normalized spacial score (nSPS) is 10.3. The Morgan fingerprint density at radius 1 is 1.04 bits per heavy atom. The lowest BCUT2D eigenvalue weighted by Crippen LogP contribution is -2.14. The molecule has 2 aromatic rings. The van der Waals surface area contributed by atoms with Gasteiger partial charge in [0.25, 0.3) is 0 Å². The number of hydrogen-bond acceptors (Lipinski definition) is 5. The third-order valence-corrected chi connectivity index (χ3v) is 3.80. The van der Waals surface area contributed by atoms with Gasteiger partial charge in [-0.3, -0.25) is 4.79 Å². The second-order valence-electron chi connectivity index (χ2n) is 5.35. The second-order valence-corrected chi connectivity index (χ2v) is 5.35. The monoisotopic (exact) mass is 329 g/mol. The van der Waals surface area contributed by atoms with Crippen molar-refractivity contribution in [3.63, 3.8) is 0 Å². The van der Waals surface area contributed by atoms with Crippen molar-refractivity contribution in [1.82, 2.24) is 4.98 Å². The highest BCUT2D eigenvalue weighted by molar-refractivity contribution is 6.02. The lowest BCUT2D eigenvalue weighted by atomic mass is 10.0. The smallest absolute Gasteiger partial charge is 0.362 e. The topological polar surface area (TPSA) is 85.5 Å². The van der Waals surface area contributed by atoms with Crippen LogP contribution in [0.5, 0.6) is 0 Å². The van der Waals surface area contributed by atoms with Crippen molar-refractivity contribution in [2.75, 3.05) is 7.11 Å². The molecule has 1 aromatic carbocycles. The fraction of sp³-hybridized carbons (Fsp3) is 0.278. The lowest BCUT2D eigenvalue weighted by molar-refractivity contribution is -0.140. The first-order valence-corrected chi connectivity index (χ1v) is 7.50. The molecular formula is C18H19NO5. The quantitative estimate of drug-likeness (QED) is 0.673. The summed E-state index contributed by atoms with van der Waals surface area (Å²) in [5, 5.41) is 0. The van der Waals surface area contributed by atoms with E-state index >= 15 is 0 Å². The molecule has 6 nitrogen and oxygen atoms in total. The van der Waals surface area contributed by atoms with Crippen LogP contribution >= 0.6 is 0 Å². The molecule has 0 aliphatic carbocycles. The average Bonchev–Trinajstić information content (AvgIpc) is 2.87. The predicted molar refractivity (Wildman–Crippen MR) is 86.8 cm³/mol. The van der Waals surface area contributed by atoms with Crippen molar-refractivity contribution in [2.24, 2.45) is 0 Å². The van der Waals surface area contributed by atoms with Crippen LogP contribution in [0.3, 0.4) is 0 Å². The molecule has 0 radical (unpaired) electrons. The van der Waals surface area contributed by atoms with Crippen LogP contribution in [0.15, 0.2) is 30.3 Å². The third kappa shape index (κ3) is 3.90. The van der Waals surface area contributed by atoms with E-state index in [9.17, 15) is 14.4 Å². The number of esters is 3. The number of ether oxygens (including phenoxy) is 2. The number of rotatable bonds is 5. The van der Waals surface area contributed by atoms with Crippen LogP contribution in [-0.4, -0.2) is 30.0 Å². The summed E-state index contributed by atoms with van der Waals surface area (Å²) in [6.07, 6.45) is 0.661. The van der Waals surface area contributed by atoms with Gasteiger partial charge in [0, 0.05) is 12.1 Å². The first kappa shape index (κ1) is 17.5. The molecule has 0 bridgehead atoms. The second kappa shape index (κ2) is 7.59. The molecule has 0 amide bonds. The summed E-state index contributed by atoms with van der Waals surface area (Å²) in [5.74, 6) is -1.77. The molecule has 0 aliphatic heterocycles. The summed E-state index contributed by atoms with van der Waals surface area (Å²) in [5.41, 5.74) is 2.80. The van der Waals surface area contributed by atoms with E-state index in [1.807, 2.05) is 0 Å². The molecule has 6 heteroatoms. The van der Waals surface area contributed by atoms with Gasteiger partial charge >= 0.3 is 17.9 Å². The number of hydrogen-bond donors (Lipinski definition) is 1. The Morgan fingerprint density at radius 2 is 1.71 bits per heavy atom. The zero-order valence-corrected chi connectivity index (χ0v) is 13.8. The molecule has 24 heavy (non-hydrogen) atoms. The SMILES string of the molecule is COC(=O)CCc1c(C)[nH]c(C(=O)OC(=O)c2ccccc2)c1C. The van der Waals surface area contributed by atoms with E-state index in [0.717, 1.165) is 11.3 Å². The Hall–Kier alpha value is -2.89. The standard InChI is InChI=1S/C18H19NO5/c1-11-14(9-10-15(20)23-3)12(2)19-16(11)18(22)24-17(21)13-7-5-4-6-8-13/h4-8,19H,9-10H2,1-3H3. The zero-order valence-electron chi connectivity index (χ0n) is 13.8. The number of carbonyl (C=O) groups is 3. The van der Waals surface area contributed by atoms with Gasteiger partial charge in [-0.2, -0.15) is 0 Å². The maximum Gasteiger partial charge on any atom is 0.362 e. The van der Waals surface area contributed by atoms with Crippen molar-refractivity contribution in [3.8, 4) is 0 Å². The molecule has 0 fully saturated rings. The van der Waals surface area contributed by atoms with Gasteiger partial charge in [0.05, 0.1) is 12.7 Å². The molecule has 1 N–H and O–H groups in total. The van der Waals surface area contributed by atoms with E-state index in [4.69, 9.17) is 4.74 Å². The highest BCUT2D eigenvalue weighted by Crippen LogP contribution is 2.21. The van der Waals surface area contributed by atoms with E-state index in [2.05, 4.69) is 9.72 Å².